The molecule has 0 spiro atoms. The molecule has 0 bridgehead atoms. The topological polar surface area (TPSA) is 75.3 Å². The van der Waals surface area contributed by atoms with Crippen molar-refractivity contribution in [2.45, 2.75) is 57.7 Å². The molecule has 0 saturated carbocycles. The molecular weight excluding hydrogens is 324 g/mol. The molecule has 0 aromatic carbocycles. The first-order valence-corrected chi connectivity index (χ1v) is 9.58. The van der Waals surface area contributed by atoms with Crippen LogP contribution in [0.5, 0.6) is 0 Å². The summed E-state index contributed by atoms with van der Waals surface area (Å²) in [5.74, 6) is 0. The molecule has 3 rings (SSSR count). The standard InChI is InChI=1S/C21H30N4O/c1-15-7-5-10-23-20(15)18-13-17(26)14-19(25(18)12-4-3-9-22)21-16(2)8-6-11-24-21/h5-8,10-11,17-19,26H,3-4,9,12-14,22H2,1-2H3/t17-,18+,19-. The third kappa shape index (κ3) is 4.11. The van der Waals surface area contributed by atoms with Crippen LogP contribution in [0.3, 0.4) is 0 Å². The zero-order valence-electron chi connectivity index (χ0n) is 15.8. The van der Waals surface area contributed by atoms with Crippen LogP contribution in [0.4, 0.5) is 0 Å². The van der Waals surface area contributed by atoms with Crippen LogP contribution in [0, 0.1) is 13.8 Å². The van der Waals surface area contributed by atoms with E-state index in [0.29, 0.717) is 19.4 Å². The number of pyridine rings is 2. The molecular formula is C21H30N4O. The Labute approximate surface area is 156 Å². The lowest BCUT2D eigenvalue weighted by Gasteiger charge is -2.44. The van der Waals surface area contributed by atoms with Crippen molar-refractivity contribution in [3.8, 4) is 0 Å². The molecule has 3 N–H and O–H groups in total. The Kier molecular flexibility index (Phi) is 6.35. The molecule has 0 aliphatic carbocycles. The minimum absolute atomic E-state index is 0.101. The molecule has 0 unspecified atom stereocenters. The molecule has 1 aliphatic heterocycles. The first-order valence-electron chi connectivity index (χ1n) is 9.58. The van der Waals surface area contributed by atoms with Crippen molar-refractivity contribution in [2.24, 2.45) is 5.73 Å². The zero-order valence-corrected chi connectivity index (χ0v) is 15.8. The predicted molar refractivity (Wildman–Crippen MR) is 104 cm³/mol. The average Bonchev–Trinajstić information content (AvgIpc) is 2.63. The maximum atomic E-state index is 10.6. The van der Waals surface area contributed by atoms with Gasteiger partial charge in [-0.15, -0.1) is 0 Å². The van der Waals surface area contributed by atoms with Crippen molar-refractivity contribution in [3.63, 3.8) is 0 Å². The van der Waals surface area contributed by atoms with Gasteiger partial charge >= 0.3 is 0 Å². The second kappa shape index (κ2) is 8.71. The summed E-state index contributed by atoms with van der Waals surface area (Å²) < 4.78 is 0. The number of likely N-dealkylation sites (tertiary alicyclic amines) is 1. The second-order valence-corrected chi connectivity index (χ2v) is 7.30. The van der Waals surface area contributed by atoms with Crippen LogP contribution >= 0.6 is 0 Å². The fraction of sp³-hybridized carbons (Fsp3) is 0.524. The van der Waals surface area contributed by atoms with E-state index in [9.17, 15) is 5.11 Å². The number of nitrogens with two attached hydrogens (primary N) is 1. The van der Waals surface area contributed by atoms with Crippen LogP contribution in [0.2, 0.25) is 0 Å². The van der Waals surface area contributed by atoms with Crippen LogP contribution in [0.1, 0.15) is 60.3 Å². The Morgan fingerprint density at radius 3 is 2.00 bits per heavy atom. The van der Waals surface area contributed by atoms with Gasteiger partial charge in [0, 0.05) is 12.4 Å². The summed E-state index contributed by atoms with van der Waals surface area (Å²) in [6.45, 7) is 5.84. The van der Waals surface area contributed by atoms with E-state index in [1.165, 1.54) is 11.1 Å². The molecule has 140 valence electrons. The van der Waals surface area contributed by atoms with Crippen LogP contribution in [-0.2, 0) is 0 Å². The van der Waals surface area contributed by atoms with Gasteiger partial charge in [0.25, 0.3) is 0 Å². The van der Waals surface area contributed by atoms with E-state index in [4.69, 9.17) is 5.73 Å². The number of nitrogens with zero attached hydrogens (tertiary/aromatic N) is 3. The molecule has 1 saturated heterocycles. The number of aryl methyl sites for hydroxylation is 2. The predicted octanol–water partition coefficient (Wildman–Crippen LogP) is 3.07. The normalized spacial score (nSPS) is 23.9. The van der Waals surface area contributed by atoms with Crippen LogP contribution in [-0.4, -0.2) is 39.2 Å². The fourth-order valence-corrected chi connectivity index (χ4v) is 4.08. The van der Waals surface area contributed by atoms with Gasteiger partial charge in [-0.1, -0.05) is 12.1 Å². The molecule has 5 nitrogen and oxygen atoms in total. The van der Waals surface area contributed by atoms with Gasteiger partial charge in [-0.25, -0.2) is 0 Å². The lowest BCUT2D eigenvalue weighted by atomic mass is 9.87. The highest BCUT2D eigenvalue weighted by atomic mass is 16.3. The van der Waals surface area contributed by atoms with E-state index in [2.05, 4.69) is 40.8 Å². The van der Waals surface area contributed by atoms with Crippen molar-refractivity contribution in [1.82, 2.24) is 14.9 Å². The first kappa shape index (κ1) is 19.0. The summed E-state index contributed by atoms with van der Waals surface area (Å²) in [6.07, 6.45) is 6.81. The second-order valence-electron chi connectivity index (χ2n) is 7.30. The molecule has 3 heterocycles. The van der Waals surface area contributed by atoms with E-state index in [1.54, 1.807) is 0 Å². The van der Waals surface area contributed by atoms with E-state index in [1.807, 2.05) is 24.5 Å². The molecule has 2 aromatic rings. The highest BCUT2D eigenvalue weighted by Crippen LogP contribution is 2.42. The lowest BCUT2D eigenvalue weighted by Crippen LogP contribution is -2.43. The van der Waals surface area contributed by atoms with Gasteiger partial charge in [0.2, 0.25) is 0 Å². The Bertz CT molecular complexity index is 665. The molecule has 2 aromatic heterocycles. The number of rotatable bonds is 6. The Morgan fingerprint density at radius 2 is 1.54 bits per heavy atom. The van der Waals surface area contributed by atoms with Gasteiger partial charge < -0.3 is 10.8 Å². The number of hydrogen-bond donors (Lipinski definition) is 2. The molecule has 0 radical (unpaired) electrons. The van der Waals surface area contributed by atoms with Gasteiger partial charge in [0.05, 0.1) is 29.6 Å². The largest absolute Gasteiger partial charge is 0.393 e. The smallest absolute Gasteiger partial charge is 0.0605 e. The molecule has 3 atom stereocenters. The van der Waals surface area contributed by atoms with Crippen molar-refractivity contribution in [2.75, 3.05) is 13.1 Å². The minimum Gasteiger partial charge on any atom is -0.393 e. The van der Waals surface area contributed by atoms with Crippen molar-refractivity contribution >= 4 is 0 Å². The van der Waals surface area contributed by atoms with E-state index in [0.717, 1.165) is 30.8 Å². The highest BCUT2D eigenvalue weighted by Gasteiger charge is 2.38. The SMILES string of the molecule is Cc1cccnc1[C@H]1C[C@H](O)C[C@@H](c2ncccc2C)N1CCCCN. The van der Waals surface area contributed by atoms with E-state index in [-0.39, 0.29) is 18.2 Å². The summed E-state index contributed by atoms with van der Waals surface area (Å²) in [4.78, 5) is 11.8. The third-order valence-corrected chi connectivity index (χ3v) is 5.39. The van der Waals surface area contributed by atoms with Crippen molar-refractivity contribution in [1.29, 1.82) is 0 Å². The van der Waals surface area contributed by atoms with Gasteiger partial charge in [-0.2, -0.15) is 0 Å². The summed E-state index contributed by atoms with van der Waals surface area (Å²) in [5, 5.41) is 10.6. The maximum absolute atomic E-state index is 10.6. The number of hydrogen-bond acceptors (Lipinski definition) is 5. The summed E-state index contributed by atoms with van der Waals surface area (Å²) in [7, 11) is 0. The van der Waals surface area contributed by atoms with Crippen LogP contribution in [0.25, 0.3) is 0 Å². The van der Waals surface area contributed by atoms with Gasteiger partial charge in [0.1, 0.15) is 0 Å². The number of unbranched alkanes of at least 4 members (excludes halogenated alkanes) is 1. The monoisotopic (exact) mass is 354 g/mol. The van der Waals surface area contributed by atoms with E-state index >= 15 is 0 Å². The number of aromatic nitrogens is 2. The fourth-order valence-electron chi connectivity index (χ4n) is 4.08. The highest BCUT2D eigenvalue weighted by molar-refractivity contribution is 5.26. The summed E-state index contributed by atoms with van der Waals surface area (Å²) in [6, 6.07) is 8.34. The van der Waals surface area contributed by atoms with Crippen LogP contribution < -0.4 is 5.73 Å². The van der Waals surface area contributed by atoms with Gasteiger partial charge in [0.15, 0.2) is 0 Å². The zero-order chi connectivity index (χ0) is 18.5. The number of piperidine rings is 1. The first-order chi connectivity index (χ1) is 12.6. The molecule has 0 amide bonds. The van der Waals surface area contributed by atoms with E-state index < -0.39 is 0 Å². The van der Waals surface area contributed by atoms with Gasteiger partial charge in [-0.3, -0.25) is 14.9 Å². The maximum Gasteiger partial charge on any atom is 0.0605 e. The third-order valence-electron chi connectivity index (χ3n) is 5.39. The molecule has 1 fully saturated rings. The van der Waals surface area contributed by atoms with Crippen molar-refractivity contribution < 1.29 is 5.11 Å². The average molecular weight is 354 g/mol. The number of aliphatic hydroxyl groups excluding tert-OH is 1. The molecule has 1 aliphatic rings. The summed E-state index contributed by atoms with van der Waals surface area (Å²) in [5.41, 5.74) is 10.2. The minimum atomic E-state index is -0.349. The Balaban J connectivity index is 1.98. The lowest BCUT2D eigenvalue weighted by molar-refractivity contribution is -0.00624. The molecule has 5 heteroatoms. The molecule has 26 heavy (non-hydrogen) atoms. The summed E-state index contributed by atoms with van der Waals surface area (Å²) >= 11 is 0. The Morgan fingerprint density at radius 1 is 1.00 bits per heavy atom. The van der Waals surface area contributed by atoms with Gasteiger partial charge in [-0.05, 0) is 75.9 Å². The van der Waals surface area contributed by atoms with Crippen molar-refractivity contribution in [3.05, 3.63) is 59.2 Å². The number of aliphatic hydroxyl groups is 1. The Hall–Kier alpha value is -1.82. The quantitative estimate of drug-likeness (QED) is 0.780. The van der Waals surface area contributed by atoms with Crippen LogP contribution in [0.15, 0.2) is 36.7 Å².